The van der Waals surface area contributed by atoms with Crippen molar-refractivity contribution in [2.24, 2.45) is 0 Å². The second-order valence-electron chi connectivity index (χ2n) is 6.64. The average Bonchev–Trinajstić information content (AvgIpc) is 3.11. The van der Waals surface area contributed by atoms with Crippen molar-refractivity contribution in [3.05, 3.63) is 88.1 Å². The van der Waals surface area contributed by atoms with Crippen LogP contribution in [0.25, 0.3) is 11.0 Å². The molecular weight excluding hydrogens is 449 g/mol. The maximum absolute atomic E-state index is 13.9. The van der Waals surface area contributed by atoms with Crippen LogP contribution in [0.1, 0.15) is 10.4 Å². The summed E-state index contributed by atoms with van der Waals surface area (Å²) >= 11 is 0. The number of sulfonamides is 1. The van der Waals surface area contributed by atoms with Crippen LogP contribution in [0.4, 0.5) is 24.5 Å². The van der Waals surface area contributed by atoms with Crippen LogP contribution in [0.3, 0.4) is 0 Å². The minimum absolute atomic E-state index is 0.143. The second kappa shape index (κ2) is 7.89. The summed E-state index contributed by atoms with van der Waals surface area (Å²) in [5.74, 6) is -4.95. The molecule has 0 radical (unpaired) electrons. The van der Waals surface area contributed by atoms with E-state index in [4.69, 9.17) is 0 Å². The van der Waals surface area contributed by atoms with Gasteiger partial charge in [-0.15, -0.1) is 0 Å². The Morgan fingerprint density at radius 2 is 1.50 bits per heavy atom. The molecule has 32 heavy (non-hydrogen) atoms. The molecule has 0 unspecified atom stereocenters. The van der Waals surface area contributed by atoms with Crippen LogP contribution in [-0.2, 0) is 10.0 Å². The van der Waals surface area contributed by atoms with Gasteiger partial charge in [-0.2, -0.15) is 0 Å². The molecule has 1 heterocycles. The highest BCUT2D eigenvalue weighted by molar-refractivity contribution is 7.92. The number of rotatable bonds is 5. The van der Waals surface area contributed by atoms with Gasteiger partial charge in [0.2, 0.25) is 0 Å². The summed E-state index contributed by atoms with van der Waals surface area (Å²) in [6.07, 6.45) is 0. The van der Waals surface area contributed by atoms with E-state index >= 15 is 0 Å². The van der Waals surface area contributed by atoms with Crippen LogP contribution >= 0.6 is 0 Å². The molecule has 4 aromatic rings. The fraction of sp³-hybridized carbons (Fsp3) is 0. The van der Waals surface area contributed by atoms with Gasteiger partial charge in [0.1, 0.15) is 5.82 Å². The number of para-hydroxylation sites is 1. The molecule has 164 valence electrons. The van der Waals surface area contributed by atoms with Gasteiger partial charge in [0.25, 0.3) is 15.9 Å². The number of benzene rings is 3. The van der Waals surface area contributed by atoms with Crippen molar-refractivity contribution < 1.29 is 26.4 Å². The first-order valence-corrected chi connectivity index (χ1v) is 10.4. The smallest absolute Gasteiger partial charge is 0.319 e. The maximum Gasteiger partial charge on any atom is 0.323 e. The van der Waals surface area contributed by atoms with E-state index in [1.807, 2.05) is 0 Å². The molecule has 8 nitrogen and oxygen atoms in total. The van der Waals surface area contributed by atoms with Crippen LogP contribution in [0.15, 0.2) is 64.3 Å². The number of anilines is 2. The van der Waals surface area contributed by atoms with Crippen molar-refractivity contribution in [1.82, 2.24) is 9.97 Å². The fourth-order valence-corrected chi connectivity index (χ4v) is 4.07. The molecule has 4 rings (SSSR count). The van der Waals surface area contributed by atoms with Crippen molar-refractivity contribution in [1.29, 1.82) is 0 Å². The van der Waals surface area contributed by atoms with Crippen molar-refractivity contribution in [3.63, 3.8) is 0 Å². The molecule has 12 heteroatoms. The van der Waals surface area contributed by atoms with Crippen molar-refractivity contribution >= 4 is 38.3 Å². The Bertz CT molecular complexity index is 1530. The van der Waals surface area contributed by atoms with E-state index in [1.54, 1.807) is 0 Å². The molecule has 0 bridgehead atoms. The Hall–Kier alpha value is -4.06. The number of aromatic nitrogens is 2. The van der Waals surface area contributed by atoms with Crippen molar-refractivity contribution in [3.8, 4) is 0 Å². The standard InChI is InChI=1S/C20H13F3N4O4S/c21-12-8-14(23)17(9-13(12)22)24-19(28)11-3-1-2-4-15(11)27-32(30,31)10-5-6-16-18(7-10)26-20(29)25-16/h1-9,27H,(H,24,28)(H2,25,26,29). The number of imidazole rings is 1. The molecule has 1 amide bonds. The highest BCUT2D eigenvalue weighted by Gasteiger charge is 2.21. The summed E-state index contributed by atoms with van der Waals surface area (Å²) in [7, 11) is -4.19. The third-order valence-electron chi connectivity index (χ3n) is 4.47. The first kappa shape index (κ1) is 21.2. The molecule has 0 aliphatic rings. The number of carbonyl (C=O) groups excluding carboxylic acids is 1. The Balaban J connectivity index is 1.64. The molecule has 0 spiro atoms. The molecule has 0 atom stereocenters. The predicted octanol–water partition coefficient (Wildman–Crippen LogP) is 3.33. The van der Waals surface area contributed by atoms with Crippen LogP contribution in [-0.4, -0.2) is 24.3 Å². The number of amides is 1. The molecule has 1 aromatic heterocycles. The van der Waals surface area contributed by atoms with Crippen molar-refractivity contribution in [2.45, 2.75) is 4.90 Å². The highest BCUT2D eigenvalue weighted by atomic mass is 32.2. The minimum Gasteiger partial charge on any atom is -0.319 e. The van der Waals surface area contributed by atoms with Gasteiger partial charge in [-0.05, 0) is 30.3 Å². The van der Waals surface area contributed by atoms with Gasteiger partial charge in [-0.1, -0.05) is 12.1 Å². The summed E-state index contributed by atoms with van der Waals surface area (Å²) in [6, 6.07) is 10.1. The quantitative estimate of drug-likeness (QED) is 0.340. The molecule has 3 aromatic carbocycles. The number of H-pyrrole nitrogens is 2. The molecule has 0 saturated carbocycles. The van der Waals surface area contributed by atoms with E-state index in [1.165, 1.54) is 42.5 Å². The molecular formula is C20H13F3N4O4S. The minimum atomic E-state index is -4.19. The lowest BCUT2D eigenvalue weighted by Gasteiger charge is -2.13. The van der Waals surface area contributed by atoms with E-state index in [-0.39, 0.29) is 27.7 Å². The summed E-state index contributed by atoms with van der Waals surface area (Å²) < 4.78 is 68.3. The zero-order chi connectivity index (χ0) is 23.0. The second-order valence-corrected chi connectivity index (χ2v) is 8.32. The summed E-state index contributed by atoms with van der Waals surface area (Å²) in [6.45, 7) is 0. The number of hydrogen-bond donors (Lipinski definition) is 4. The largest absolute Gasteiger partial charge is 0.323 e. The van der Waals surface area contributed by atoms with E-state index in [0.717, 1.165) is 0 Å². The zero-order valence-corrected chi connectivity index (χ0v) is 16.7. The van der Waals surface area contributed by atoms with Gasteiger partial charge in [0, 0.05) is 12.1 Å². The van der Waals surface area contributed by atoms with Crippen LogP contribution in [0.5, 0.6) is 0 Å². The number of nitrogens with one attached hydrogen (secondary N) is 4. The highest BCUT2D eigenvalue weighted by Crippen LogP contribution is 2.24. The van der Waals surface area contributed by atoms with Gasteiger partial charge in [0.15, 0.2) is 11.6 Å². The van der Waals surface area contributed by atoms with Crippen LogP contribution in [0, 0.1) is 17.5 Å². The average molecular weight is 462 g/mol. The topological polar surface area (TPSA) is 124 Å². The Labute approximate surface area is 178 Å². The Kier molecular flexibility index (Phi) is 5.22. The molecule has 0 fully saturated rings. The lowest BCUT2D eigenvalue weighted by atomic mass is 10.1. The SMILES string of the molecule is O=C(Nc1cc(F)c(F)cc1F)c1ccccc1NS(=O)(=O)c1ccc2[nH]c(=O)[nH]c2c1. The number of aromatic amines is 2. The number of carbonyl (C=O) groups is 1. The summed E-state index contributed by atoms with van der Waals surface area (Å²) in [5, 5.41) is 2.09. The predicted molar refractivity (Wildman–Crippen MR) is 110 cm³/mol. The summed E-state index contributed by atoms with van der Waals surface area (Å²) in [5.41, 5.74) is -0.797. The van der Waals surface area contributed by atoms with E-state index in [0.29, 0.717) is 11.6 Å². The lowest BCUT2D eigenvalue weighted by Crippen LogP contribution is -2.19. The van der Waals surface area contributed by atoms with Gasteiger partial charge in [-0.3, -0.25) is 9.52 Å². The third-order valence-corrected chi connectivity index (χ3v) is 5.84. The lowest BCUT2D eigenvalue weighted by molar-refractivity contribution is 0.102. The first-order chi connectivity index (χ1) is 15.1. The fourth-order valence-electron chi connectivity index (χ4n) is 2.96. The normalized spacial score (nSPS) is 11.5. The first-order valence-electron chi connectivity index (χ1n) is 8.94. The third kappa shape index (κ3) is 4.07. The molecule has 0 saturated heterocycles. The number of halogens is 3. The monoisotopic (exact) mass is 462 g/mol. The number of fused-ring (bicyclic) bond motifs is 1. The van der Waals surface area contributed by atoms with E-state index in [9.17, 15) is 31.2 Å². The van der Waals surface area contributed by atoms with E-state index < -0.39 is 44.8 Å². The van der Waals surface area contributed by atoms with Gasteiger partial charge < -0.3 is 15.3 Å². The Morgan fingerprint density at radius 3 is 2.28 bits per heavy atom. The Morgan fingerprint density at radius 1 is 0.812 bits per heavy atom. The van der Waals surface area contributed by atoms with Crippen LogP contribution in [0.2, 0.25) is 0 Å². The van der Waals surface area contributed by atoms with Crippen LogP contribution < -0.4 is 15.7 Å². The van der Waals surface area contributed by atoms with E-state index in [2.05, 4.69) is 20.0 Å². The van der Waals surface area contributed by atoms with Gasteiger partial charge >= 0.3 is 5.69 Å². The molecule has 0 aliphatic carbocycles. The van der Waals surface area contributed by atoms with Gasteiger partial charge in [0.05, 0.1) is 32.9 Å². The molecule has 4 N–H and O–H groups in total. The number of hydrogen-bond acceptors (Lipinski definition) is 4. The summed E-state index contributed by atoms with van der Waals surface area (Å²) in [4.78, 5) is 28.7. The maximum atomic E-state index is 13.9. The molecule has 0 aliphatic heterocycles. The zero-order valence-electron chi connectivity index (χ0n) is 15.9. The van der Waals surface area contributed by atoms with Gasteiger partial charge in [-0.25, -0.2) is 26.4 Å². The van der Waals surface area contributed by atoms with Crippen molar-refractivity contribution in [2.75, 3.05) is 10.0 Å².